The van der Waals surface area contributed by atoms with Gasteiger partial charge in [-0.2, -0.15) is 4.98 Å². The predicted octanol–water partition coefficient (Wildman–Crippen LogP) is 4.37. The van der Waals surface area contributed by atoms with Crippen molar-refractivity contribution >= 4 is 33.0 Å². The maximum absolute atomic E-state index is 5.50. The zero-order valence-electron chi connectivity index (χ0n) is 15.9. The highest BCUT2D eigenvalue weighted by molar-refractivity contribution is 9.10. The first-order chi connectivity index (χ1) is 13.1. The van der Waals surface area contributed by atoms with E-state index in [2.05, 4.69) is 70.4 Å². The quantitative estimate of drug-likeness (QED) is 0.576. The van der Waals surface area contributed by atoms with Crippen LogP contribution in [-0.4, -0.2) is 45.8 Å². The zero-order valence-corrected chi connectivity index (χ0v) is 17.5. The van der Waals surface area contributed by atoms with Crippen LogP contribution in [0.1, 0.15) is 31.9 Å². The number of aryl methyl sites for hydroxylation is 1. The van der Waals surface area contributed by atoms with Gasteiger partial charge in [0.2, 0.25) is 5.95 Å². The number of halogens is 1. The highest BCUT2D eigenvalue weighted by atomic mass is 79.9. The predicted molar refractivity (Wildman–Crippen MR) is 111 cm³/mol. The molecule has 1 saturated heterocycles. The number of morpholine rings is 1. The molecule has 27 heavy (non-hydrogen) atoms. The van der Waals surface area contributed by atoms with E-state index in [1.54, 1.807) is 0 Å². The Morgan fingerprint density at radius 2 is 1.96 bits per heavy atom. The summed E-state index contributed by atoms with van der Waals surface area (Å²) in [5.41, 5.74) is 4.87. The van der Waals surface area contributed by atoms with Crippen molar-refractivity contribution in [3.63, 3.8) is 0 Å². The lowest BCUT2D eigenvalue weighted by Crippen LogP contribution is -2.37. The van der Waals surface area contributed by atoms with Crippen molar-refractivity contribution in [1.82, 2.24) is 19.5 Å². The fourth-order valence-electron chi connectivity index (χ4n) is 3.41. The van der Waals surface area contributed by atoms with Gasteiger partial charge in [0.1, 0.15) is 11.2 Å². The first kappa shape index (κ1) is 18.4. The number of nitrogens with zero attached hydrogens (tertiary/aromatic N) is 5. The number of hydrogen-bond donors (Lipinski definition) is 0. The minimum absolute atomic E-state index is 0.294. The molecule has 2 aromatic heterocycles. The number of ether oxygens (including phenoxy) is 1. The number of benzene rings is 1. The van der Waals surface area contributed by atoms with Gasteiger partial charge in [-0.1, -0.05) is 30.7 Å². The second kappa shape index (κ2) is 7.56. The van der Waals surface area contributed by atoms with E-state index in [4.69, 9.17) is 19.7 Å². The van der Waals surface area contributed by atoms with Gasteiger partial charge in [0, 0.05) is 24.7 Å². The topological polar surface area (TPSA) is 56.1 Å². The van der Waals surface area contributed by atoms with Crippen LogP contribution < -0.4 is 4.90 Å². The molecule has 0 amide bonds. The zero-order chi connectivity index (χ0) is 19.0. The Morgan fingerprint density at radius 3 is 2.67 bits per heavy atom. The highest BCUT2D eigenvalue weighted by Gasteiger charge is 2.23. The maximum Gasteiger partial charge on any atom is 0.228 e. The molecule has 0 aliphatic carbocycles. The number of hydrogen-bond acceptors (Lipinski definition) is 5. The average molecular weight is 430 g/mol. The molecule has 1 aliphatic heterocycles. The molecule has 7 heteroatoms. The van der Waals surface area contributed by atoms with Crippen LogP contribution in [0.5, 0.6) is 0 Å². The third-order valence-electron chi connectivity index (χ3n) is 5.10. The summed E-state index contributed by atoms with van der Waals surface area (Å²) in [5, 5.41) is 0. The van der Waals surface area contributed by atoms with Crippen molar-refractivity contribution in [1.29, 1.82) is 0 Å². The van der Waals surface area contributed by atoms with E-state index in [1.807, 2.05) is 0 Å². The second-order valence-electron chi connectivity index (χ2n) is 7.02. The molecule has 1 unspecified atom stereocenters. The van der Waals surface area contributed by atoms with E-state index in [1.165, 1.54) is 5.56 Å². The molecule has 3 aromatic rings. The number of rotatable bonds is 4. The van der Waals surface area contributed by atoms with E-state index in [9.17, 15) is 0 Å². The minimum atomic E-state index is 0.294. The molecular weight excluding hydrogens is 406 g/mol. The molecule has 1 aliphatic rings. The fourth-order valence-corrected chi connectivity index (χ4v) is 4.10. The monoisotopic (exact) mass is 429 g/mol. The van der Waals surface area contributed by atoms with Gasteiger partial charge in [-0.15, -0.1) is 0 Å². The molecule has 0 radical (unpaired) electrons. The molecule has 1 atom stereocenters. The van der Waals surface area contributed by atoms with Gasteiger partial charge in [0.15, 0.2) is 10.4 Å². The van der Waals surface area contributed by atoms with E-state index in [0.29, 0.717) is 19.3 Å². The van der Waals surface area contributed by atoms with Gasteiger partial charge in [0.25, 0.3) is 0 Å². The van der Waals surface area contributed by atoms with Gasteiger partial charge >= 0.3 is 0 Å². The first-order valence-corrected chi connectivity index (χ1v) is 10.2. The summed E-state index contributed by atoms with van der Waals surface area (Å²) >= 11 is 3.64. The van der Waals surface area contributed by atoms with E-state index >= 15 is 0 Å². The third kappa shape index (κ3) is 3.46. The summed E-state index contributed by atoms with van der Waals surface area (Å²) in [6.45, 7) is 9.47. The highest BCUT2D eigenvalue weighted by Crippen LogP contribution is 2.33. The smallest absolute Gasteiger partial charge is 0.228 e. The summed E-state index contributed by atoms with van der Waals surface area (Å²) < 4.78 is 8.47. The van der Waals surface area contributed by atoms with Crippen molar-refractivity contribution in [2.24, 2.45) is 0 Å². The van der Waals surface area contributed by atoms with Crippen LogP contribution in [0.25, 0.3) is 22.4 Å². The Hall–Kier alpha value is -1.99. The fraction of sp³-hybridized carbons (Fsp3) is 0.450. The van der Waals surface area contributed by atoms with E-state index in [0.717, 1.165) is 52.6 Å². The van der Waals surface area contributed by atoms with Gasteiger partial charge in [-0.3, -0.25) is 0 Å². The molecule has 0 bridgehead atoms. The second-order valence-corrected chi connectivity index (χ2v) is 7.73. The molecule has 3 heterocycles. The lowest BCUT2D eigenvalue weighted by Gasteiger charge is -2.27. The van der Waals surface area contributed by atoms with Crippen LogP contribution in [0.4, 0.5) is 5.95 Å². The van der Waals surface area contributed by atoms with Crippen LogP contribution in [0.15, 0.2) is 29.0 Å². The van der Waals surface area contributed by atoms with Crippen molar-refractivity contribution in [2.45, 2.75) is 33.2 Å². The Balaban J connectivity index is 1.96. The molecule has 1 fully saturated rings. The Morgan fingerprint density at radius 1 is 1.19 bits per heavy atom. The van der Waals surface area contributed by atoms with Crippen LogP contribution in [-0.2, 0) is 4.74 Å². The van der Waals surface area contributed by atoms with E-state index < -0.39 is 0 Å². The standard InChI is InChI=1S/C20H24BrN5O/c1-4-14(3)26-18-17(22-19(26)21)16(15-7-5-6-13(2)12-15)23-20(24-18)25-8-10-27-11-9-25/h5-7,12,14H,4,8-11H2,1-3H3. The summed E-state index contributed by atoms with van der Waals surface area (Å²) in [7, 11) is 0. The summed E-state index contributed by atoms with van der Waals surface area (Å²) in [4.78, 5) is 16.8. The minimum Gasteiger partial charge on any atom is -0.378 e. The molecule has 0 N–H and O–H groups in total. The van der Waals surface area contributed by atoms with Gasteiger partial charge in [0.05, 0.1) is 13.2 Å². The first-order valence-electron chi connectivity index (χ1n) is 9.43. The van der Waals surface area contributed by atoms with Crippen LogP contribution in [0, 0.1) is 6.92 Å². The SMILES string of the molecule is CCC(C)n1c(Br)nc2c(-c3cccc(C)c3)nc(N3CCOCC3)nc21. The van der Waals surface area contributed by atoms with Crippen LogP contribution in [0.2, 0.25) is 0 Å². The average Bonchev–Trinajstić information content (AvgIpc) is 3.03. The molecule has 0 saturated carbocycles. The Bertz CT molecular complexity index is 964. The van der Waals surface area contributed by atoms with Gasteiger partial charge in [-0.05, 0) is 42.3 Å². The molecule has 0 spiro atoms. The molecule has 4 rings (SSSR count). The molecule has 1 aromatic carbocycles. The van der Waals surface area contributed by atoms with Crippen molar-refractivity contribution in [3.8, 4) is 11.3 Å². The molecular formula is C20H24BrN5O. The summed E-state index contributed by atoms with van der Waals surface area (Å²) in [6.07, 6.45) is 1.00. The van der Waals surface area contributed by atoms with Gasteiger partial charge < -0.3 is 14.2 Å². The number of fused-ring (bicyclic) bond motifs is 1. The summed E-state index contributed by atoms with van der Waals surface area (Å²) in [5.74, 6) is 0.749. The number of aromatic nitrogens is 4. The van der Waals surface area contributed by atoms with Gasteiger partial charge in [-0.25, -0.2) is 9.97 Å². The van der Waals surface area contributed by atoms with Crippen LogP contribution >= 0.6 is 15.9 Å². The number of anilines is 1. The number of imidazole rings is 1. The lowest BCUT2D eigenvalue weighted by atomic mass is 10.1. The normalized spacial score (nSPS) is 16.1. The third-order valence-corrected chi connectivity index (χ3v) is 5.66. The molecule has 142 valence electrons. The van der Waals surface area contributed by atoms with Crippen LogP contribution in [0.3, 0.4) is 0 Å². The summed E-state index contributed by atoms with van der Waals surface area (Å²) in [6, 6.07) is 8.70. The largest absolute Gasteiger partial charge is 0.378 e. The van der Waals surface area contributed by atoms with Crippen molar-refractivity contribution in [3.05, 3.63) is 34.6 Å². The van der Waals surface area contributed by atoms with E-state index in [-0.39, 0.29) is 0 Å². The lowest BCUT2D eigenvalue weighted by molar-refractivity contribution is 0.122. The Kier molecular flexibility index (Phi) is 5.14. The maximum atomic E-state index is 5.50. The van der Waals surface area contributed by atoms with Crippen molar-refractivity contribution < 1.29 is 4.74 Å². The van der Waals surface area contributed by atoms with Crippen molar-refractivity contribution in [2.75, 3.05) is 31.2 Å². The molecule has 6 nitrogen and oxygen atoms in total. The Labute approximate surface area is 167 Å².